The van der Waals surface area contributed by atoms with E-state index in [-0.39, 0.29) is 6.61 Å². The largest absolute Gasteiger partial charge is 0.493 e. The van der Waals surface area contributed by atoms with Crippen molar-refractivity contribution < 1.29 is 23.6 Å². The van der Waals surface area contributed by atoms with E-state index in [4.69, 9.17) is 19.0 Å². The SMILES string of the molecule is COc1cnc(Nc2cccc(NC(=O)COC(C)=O)c2)nc1-c1c(C2CCCCC2)noc1C. The summed E-state index contributed by atoms with van der Waals surface area (Å²) >= 11 is 0. The van der Waals surface area contributed by atoms with Gasteiger partial charge in [0.25, 0.3) is 5.91 Å². The molecule has 0 atom stereocenters. The summed E-state index contributed by atoms with van der Waals surface area (Å²) in [6.07, 6.45) is 7.37. The van der Waals surface area contributed by atoms with Gasteiger partial charge in [-0.05, 0) is 38.0 Å². The molecule has 3 aromatic rings. The highest BCUT2D eigenvalue weighted by atomic mass is 16.5. The average molecular weight is 480 g/mol. The molecule has 1 aromatic carbocycles. The Morgan fingerprint density at radius 1 is 1.17 bits per heavy atom. The van der Waals surface area contributed by atoms with Gasteiger partial charge in [0.15, 0.2) is 12.4 Å². The van der Waals surface area contributed by atoms with E-state index in [0.29, 0.717) is 40.4 Å². The zero-order valence-electron chi connectivity index (χ0n) is 20.1. The van der Waals surface area contributed by atoms with Crippen LogP contribution < -0.4 is 15.4 Å². The van der Waals surface area contributed by atoms with Crippen LogP contribution in [0.1, 0.15) is 56.4 Å². The zero-order chi connectivity index (χ0) is 24.8. The number of methoxy groups -OCH3 is 1. The highest BCUT2D eigenvalue weighted by molar-refractivity contribution is 5.93. The number of nitrogens with zero attached hydrogens (tertiary/aromatic N) is 3. The van der Waals surface area contributed by atoms with Crippen molar-refractivity contribution in [2.24, 2.45) is 0 Å². The first-order valence-corrected chi connectivity index (χ1v) is 11.6. The molecule has 184 valence electrons. The number of esters is 1. The second kappa shape index (κ2) is 11.0. The highest BCUT2D eigenvalue weighted by Crippen LogP contribution is 2.41. The summed E-state index contributed by atoms with van der Waals surface area (Å²) in [5.41, 5.74) is 3.60. The predicted molar refractivity (Wildman–Crippen MR) is 130 cm³/mol. The molecule has 10 nitrogen and oxygen atoms in total. The summed E-state index contributed by atoms with van der Waals surface area (Å²) in [4.78, 5) is 32.0. The average Bonchev–Trinajstić information content (AvgIpc) is 3.24. The molecule has 10 heteroatoms. The number of nitrogens with one attached hydrogen (secondary N) is 2. The van der Waals surface area contributed by atoms with Crippen LogP contribution in [0.5, 0.6) is 5.75 Å². The van der Waals surface area contributed by atoms with E-state index < -0.39 is 11.9 Å². The Balaban J connectivity index is 1.58. The third kappa shape index (κ3) is 5.95. The molecule has 1 fully saturated rings. The van der Waals surface area contributed by atoms with Crippen LogP contribution in [-0.4, -0.2) is 40.7 Å². The van der Waals surface area contributed by atoms with E-state index in [9.17, 15) is 9.59 Å². The van der Waals surface area contributed by atoms with Gasteiger partial charge in [-0.3, -0.25) is 9.59 Å². The van der Waals surface area contributed by atoms with Gasteiger partial charge in [-0.25, -0.2) is 9.97 Å². The number of aryl methyl sites for hydroxylation is 1. The molecule has 1 aliphatic rings. The second-order valence-electron chi connectivity index (χ2n) is 8.48. The smallest absolute Gasteiger partial charge is 0.303 e. The normalized spacial score (nSPS) is 13.8. The maximum atomic E-state index is 12.0. The number of aromatic nitrogens is 3. The molecule has 2 N–H and O–H groups in total. The third-order valence-electron chi connectivity index (χ3n) is 5.90. The van der Waals surface area contributed by atoms with Gasteiger partial charge in [-0.15, -0.1) is 0 Å². The van der Waals surface area contributed by atoms with Gasteiger partial charge in [0, 0.05) is 24.2 Å². The fraction of sp³-hybridized carbons (Fsp3) is 0.400. The summed E-state index contributed by atoms with van der Waals surface area (Å²) in [5, 5.41) is 10.3. The topological polar surface area (TPSA) is 128 Å². The lowest BCUT2D eigenvalue weighted by atomic mass is 9.84. The number of ether oxygens (including phenoxy) is 2. The summed E-state index contributed by atoms with van der Waals surface area (Å²) in [6.45, 7) is 2.78. The van der Waals surface area contributed by atoms with Gasteiger partial charge >= 0.3 is 5.97 Å². The number of benzene rings is 1. The Hall–Kier alpha value is -3.95. The van der Waals surface area contributed by atoms with Crippen LogP contribution in [0.4, 0.5) is 17.3 Å². The Morgan fingerprint density at radius 2 is 1.94 bits per heavy atom. The Bertz CT molecular complexity index is 1200. The van der Waals surface area contributed by atoms with E-state index in [0.717, 1.165) is 24.1 Å². The van der Waals surface area contributed by atoms with Crippen molar-refractivity contribution in [1.29, 1.82) is 0 Å². The molecule has 0 saturated heterocycles. The number of amides is 1. The van der Waals surface area contributed by atoms with Crippen LogP contribution >= 0.6 is 0 Å². The molecule has 1 amide bonds. The molecule has 1 saturated carbocycles. The molecule has 0 unspecified atom stereocenters. The van der Waals surface area contributed by atoms with Gasteiger partial charge in [0.2, 0.25) is 5.95 Å². The standard InChI is InChI=1S/C25H29N5O5/c1-15-22(23(30-35-15)17-8-5-4-6-9-17)24-20(33-3)13-26-25(29-24)28-19-11-7-10-18(12-19)27-21(32)14-34-16(2)31/h7,10-13,17H,4-6,8-9,14H2,1-3H3,(H,27,32)(H,26,28,29). The van der Waals surface area contributed by atoms with Crippen LogP contribution in [0.3, 0.4) is 0 Å². The van der Waals surface area contributed by atoms with Crippen LogP contribution in [0, 0.1) is 6.92 Å². The minimum Gasteiger partial charge on any atom is -0.493 e. The molecule has 2 aromatic heterocycles. The van der Waals surface area contributed by atoms with Crippen molar-refractivity contribution in [3.8, 4) is 17.0 Å². The maximum Gasteiger partial charge on any atom is 0.303 e. The molecular formula is C25H29N5O5. The van der Waals surface area contributed by atoms with Crippen LogP contribution in [0.2, 0.25) is 0 Å². The summed E-state index contributed by atoms with van der Waals surface area (Å²) in [5.74, 6) is 0.964. The first-order valence-electron chi connectivity index (χ1n) is 11.6. The Labute approximate surface area is 203 Å². The van der Waals surface area contributed by atoms with E-state index in [1.54, 1.807) is 31.5 Å². The van der Waals surface area contributed by atoms with Gasteiger partial charge in [0.05, 0.1) is 24.6 Å². The third-order valence-corrected chi connectivity index (χ3v) is 5.90. The number of anilines is 3. The maximum absolute atomic E-state index is 12.0. The minimum absolute atomic E-state index is 0.333. The van der Waals surface area contributed by atoms with Crippen LogP contribution in [0.15, 0.2) is 35.0 Å². The quantitative estimate of drug-likeness (QED) is 0.440. The monoisotopic (exact) mass is 479 g/mol. The van der Waals surface area contributed by atoms with Gasteiger partial charge in [0.1, 0.15) is 11.5 Å². The lowest BCUT2D eigenvalue weighted by Crippen LogP contribution is -2.19. The van der Waals surface area contributed by atoms with E-state index in [1.165, 1.54) is 26.2 Å². The predicted octanol–water partition coefficient (Wildman–Crippen LogP) is 4.74. The zero-order valence-corrected chi connectivity index (χ0v) is 20.1. The lowest BCUT2D eigenvalue weighted by molar-refractivity contribution is -0.144. The Morgan fingerprint density at radius 3 is 2.69 bits per heavy atom. The van der Waals surface area contributed by atoms with Gasteiger partial charge < -0.3 is 24.6 Å². The molecule has 0 spiro atoms. The number of carbonyl (C=O) groups excluding carboxylic acids is 2. The van der Waals surface area contributed by atoms with E-state index in [1.807, 2.05) is 13.0 Å². The molecule has 0 radical (unpaired) electrons. The first-order chi connectivity index (χ1) is 16.9. The number of hydrogen-bond donors (Lipinski definition) is 2. The van der Waals surface area contributed by atoms with Crippen molar-refractivity contribution >= 4 is 29.2 Å². The summed E-state index contributed by atoms with van der Waals surface area (Å²) in [6, 6.07) is 7.07. The molecule has 0 aliphatic heterocycles. The molecule has 1 aliphatic carbocycles. The summed E-state index contributed by atoms with van der Waals surface area (Å²) in [7, 11) is 1.58. The molecular weight excluding hydrogens is 450 g/mol. The first kappa shape index (κ1) is 24.2. The lowest BCUT2D eigenvalue weighted by Gasteiger charge is -2.20. The van der Waals surface area contributed by atoms with E-state index in [2.05, 4.69) is 20.8 Å². The number of carbonyl (C=O) groups is 2. The highest BCUT2D eigenvalue weighted by Gasteiger charge is 2.27. The van der Waals surface area contributed by atoms with Crippen LogP contribution in [0.25, 0.3) is 11.3 Å². The number of hydrogen-bond acceptors (Lipinski definition) is 9. The Kier molecular flexibility index (Phi) is 7.59. The second-order valence-corrected chi connectivity index (χ2v) is 8.48. The van der Waals surface area contributed by atoms with E-state index >= 15 is 0 Å². The van der Waals surface area contributed by atoms with Gasteiger partial charge in [-0.2, -0.15) is 0 Å². The van der Waals surface area contributed by atoms with Crippen molar-refractivity contribution in [3.63, 3.8) is 0 Å². The molecule has 0 bridgehead atoms. The fourth-order valence-corrected chi connectivity index (χ4v) is 4.26. The van der Waals surface area contributed by atoms with Gasteiger partial charge in [-0.1, -0.05) is 30.5 Å². The van der Waals surface area contributed by atoms with Crippen molar-refractivity contribution in [2.75, 3.05) is 24.4 Å². The molecule has 35 heavy (non-hydrogen) atoms. The fourth-order valence-electron chi connectivity index (χ4n) is 4.26. The van der Waals surface area contributed by atoms with Crippen LogP contribution in [-0.2, 0) is 14.3 Å². The minimum atomic E-state index is -0.516. The number of rotatable bonds is 8. The summed E-state index contributed by atoms with van der Waals surface area (Å²) < 4.78 is 15.9. The van der Waals surface area contributed by atoms with Crippen molar-refractivity contribution in [2.45, 2.75) is 51.9 Å². The van der Waals surface area contributed by atoms with Crippen molar-refractivity contribution in [1.82, 2.24) is 15.1 Å². The molecule has 2 heterocycles. The molecule has 4 rings (SSSR count). The van der Waals surface area contributed by atoms with Crippen molar-refractivity contribution in [3.05, 3.63) is 41.9 Å².